The molecule has 1 aromatic rings. The number of carbonyl (C=O) groups excluding carboxylic acids is 2. The van der Waals surface area contributed by atoms with Gasteiger partial charge in [-0.1, -0.05) is 23.8 Å². The summed E-state index contributed by atoms with van der Waals surface area (Å²) < 4.78 is 4.71. The summed E-state index contributed by atoms with van der Waals surface area (Å²) >= 11 is 0. The minimum Gasteiger partial charge on any atom is -0.469 e. The van der Waals surface area contributed by atoms with Crippen LogP contribution in [0.25, 0.3) is 0 Å². The summed E-state index contributed by atoms with van der Waals surface area (Å²) in [6.07, 6.45) is 1.10. The van der Waals surface area contributed by atoms with Crippen molar-refractivity contribution in [3.05, 3.63) is 34.9 Å². The SMILES string of the molecule is COC(=O)C1CC(=O)N(CCc2ccc(C)cc2C)C1. The van der Waals surface area contributed by atoms with Gasteiger partial charge in [-0.2, -0.15) is 0 Å². The quantitative estimate of drug-likeness (QED) is 0.788. The molecule has 108 valence electrons. The molecule has 0 N–H and O–H groups in total. The van der Waals surface area contributed by atoms with Gasteiger partial charge in [0.1, 0.15) is 0 Å². The Bertz CT molecular complexity index is 524. The molecular weight excluding hydrogens is 254 g/mol. The van der Waals surface area contributed by atoms with Crippen LogP contribution >= 0.6 is 0 Å². The van der Waals surface area contributed by atoms with E-state index in [0.29, 0.717) is 13.1 Å². The topological polar surface area (TPSA) is 46.6 Å². The van der Waals surface area contributed by atoms with Gasteiger partial charge in [-0.3, -0.25) is 9.59 Å². The van der Waals surface area contributed by atoms with Crippen molar-refractivity contribution in [2.45, 2.75) is 26.7 Å². The summed E-state index contributed by atoms with van der Waals surface area (Å²) in [6.45, 7) is 5.31. The van der Waals surface area contributed by atoms with E-state index in [4.69, 9.17) is 4.74 Å². The molecule has 0 radical (unpaired) electrons. The zero-order valence-corrected chi connectivity index (χ0v) is 12.3. The molecule has 1 aromatic carbocycles. The lowest BCUT2D eigenvalue weighted by Gasteiger charge is -2.17. The van der Waals surface area contributed by atoms with Crippen molar-refractivity contribution in [3.8, 4) is 0 Å². The van der Waals surface area contributed by atoms with Crippen LogP contribution in [-0.2, 0) is 20.7 Å². The Morgan fingerprint density at radius 3 is 2.80 bits per heavy atom. The normalized spacial score (nSPS) is 18.4. The number of aryl methyl sites for hydroxylation is 2. The van der Waals surface area contributed by atoms with Gasteiger partial charge in [-0.25, -0.2) is 0 Å². The highest BCUT2D eigenvalue weighted by atomic mass is 16.5. The van der Waals surface area contributed by atoms with E-state index >= 15 is 0 Å². The molecule has 1 aliphatic rings. The van der Waals surface area contributed by atoms with Crippen molar-refractivity contribution in [2.75, 3.05) is 20.2 Å². The molecule has 0 aliphatic carbocycles. The summed E-state index contributed by atoms with van der Waals surface area (Å²) in [5.41, 5.74) is 3.75. The van der Waals surface area contributed by atoms with Crippen LogP contribution in [0.15, 0.2) is 18.2 Å². The molecule has 4 heteroatoms. The molecule has 20 heavy (non-hydrogen) atoms. The van der Waals surface area contributed by atoms with E-state index in [-0.39, 0.29) is 24.2 Å². The number of carbonyl (C=O) groups is 2. The Morgan fingerprint density at radius 2 is 2.15 bits per heavy atom. The van der Waals surface area contributed by atoms with Crippen molar-refractivity contribution < 1.29 is 14.3 Å². The maximum Gasteiger partial charge on any atom is 0.310 e. The number of hydrogen-bond acceptors (Lipinski definition) is 3. The minimum absolute atomic E-state index is 0.0464. The Kier molecular flexibility index (Phi) is 4.42. The van der Waals surface area contributed by atoms with E-state index in [1.54, 1.807) is 4.90 Å². The number of benzene rings is 1. The highest BCUT2D eigenvalue weighted by Crippen LogP contribution is 2.20. The van der Waals surface area contributed by atoms with Crippen LogP contribution in [0.5, 0.6) is 0 Å². The van der Waals surface area contributed by atoms with Crippen LogP contribution in [0, 0.1) is 19.8 Å². The third-order valence-electron chi connectivity index (χ3n) is 3.90. The van der Waals surface area contributed by atoms with Gasteiger partial charge in [0.25, 0.3) is 0 Å². The number of rotatable bonds is 4. The molecule has 4 nitrogen and oxygen atoms in total. The third kappa shape index (κ3) is 3.18. The standard InChI is InChI=1S/C16H21NO3/c1-11-4-5-13(12(2)8-11)6-7-17-10-14(9-15(17)18)16(19)20-3/h4-5,8,14H,6-7,9-10H2,1-3H3. The first-order chi connectivity index (χ1) is 9.51. The number of likely N-dealkylation sites (tertiary alicyclic amines) is 1. The average Bonchev–Trinajstić information content (AvgIpc) is 2.78. The number of methoxy groups -OCH3 is 1. The second-order valence-electron chi connectivity index (χ2n) is 5.44. The van der Waals surface area contributed by atoms with E-state index in [1.165, 1.54) is 23.8 Å². The Balaban J connectivity index is 1.94. The Labute approximate surface area is 119 Å². The first-order valence-electron chi connectivity index (χ1n) is 6.93. The van der Waals surface area contributed by atoms with Gasteiger partial charge in [-0.15, -0.1) is 0 Å². The monoisotopic (exact) mass is 275 g/mol. The molecule has 1 aliphatic heterocycles. The average molecular weight is 275 g/mol. The summed E-state index contributed by atoms with van der Waals surface area (Å²) in [4.78, 5) is 25.1. The van der Waals surface area contributed by atoms with Crippen LogP contribution in [-0.4, -0.2) is 37.0 Å². The molecule has 2 rings (SSSR count). The zero-order chi connectivity index (χ0) is 14.7. The van der Waals surface area contributed by atoms with Gasteiger partial charge in [0.2, 0.25) is 5.91 Å². The fraction of sp³-hybridized carbons (Fsp3) is 0.500. The molecule has 1 heterocycles. The van der Waals surface area contributed by atoms with Gasteiger partial charge >= 0.3 is 5.97 Å². The third-order valence-corrected chi connectivity index (χ3v) is 3.90. The largest absolute Gasteiger partial charge is 0.469 e. The smallest absolute Gasteiger partial charge is 0.310 e. The molecule has 1 atom stereocenters. The van der Waals surface area contributed by atoms with Gasteiger partial charge in [-0.05, 0) is 31.4 Å². The van der Waals surface area contributed by atoms with E-state index in [0.717, 1.165) is 6.42 Å². The van der Waals surface area contributed by atoms with E-state index in [2.05, 4.69) is 32.0 Å². The molecule has 0 spiro atoms. The number of hydrogen-bond donors (Lipinski definition) is 0. The maximum absolute atomic E-state index is 11.9. The van der Waals surface area contributed by atoms with Crippen LogP contribution in [0.1, 0.15) is 23.1 Å². The van der Waals surface area contributed by atoms with Crippen LogP contribution < -0.4 is 0 Å². The van der Waals surface area contributed by atoms with E-state index < -0.39 is 0 Å². The van der Waals surface area contributed by atoms with Crippen molar-refractivity contribution in [1.82, 2.24) is 4.90 Å². The molecule has 0 saturated carbocycles. The van der Waals surface area contributed by atoms with Crippen molar-refractivity contribution in [3.63, 3.8) is 0 Å². The van der Waals surface area contributed by atoms with Crippen molar-refractivity contribution >= 4 is 11.9 Å². The Hall–Kier alpha value is -1.84. The van der Waals surface area contributed by atoms with Crippen LogP contribution in [0.2, 0.25) is 0 Å². The second-order valence-corrected chi connectivity index (χ2v) is 5.44. The lowest BCUT2D eigenvalue weighted by Crippen LogP contribution is -2.28. The van der Waals surface area contributed by atoms with Gasteiger partial charge < -0.3 is 9.64 Å². The number of ether oxygens (including phenoxy) is 1. The predicted octanol–water partition coefficient (Wildman–Crippen LogP) is 1.87. The minimum atomic E-state index is -0.299. The molecule has 1 unspecified atom stereocenters. The van der Waals surface area contributed by atoms with Crippen molar-refractivity contribution in [1.29, 1.82) is 0 Å². The second kappa shape index (κ2) is 6.07. The number of esters is 1. The Morgan fingerprint density at radius 1 is 1.40 bits per heavy atom. The first-order valence-corrected chi connectivity index (χ1v) is 6.93. The van der Waals surface area contributed by atoms with E-state index in [9.17, 15) is 9.59 Å². The molecule has 1 fully saturated rings. The van der Waals surface area contributed by atoms with Gasteiger partial charge in [0, 0.05) is 19.5 Å². The van der Waals surface area contributed by atoms with Gasteiger partial charge in [0.05, 0.1) is 13.0 Å². The summed E-state index contributed by atoms with van der Waals surface area (Å²) in [7, 11) is 1.37. The van der Waals surface area contributed by atoms with Gasteiger partial charge in [0.15, 0.2) is 0 Å². The zero-order valence-electron chi connectivity index (χ0n) is 12.3. The predicted molar refractivity (Wildman–Crippen MR) is 76.3 cm³/mol. The maximum atomic E-state index is 11.9. The van der Waals surface area contributed by atoms with Crippen LogP contribution in [0.4, 0.5) is 0 Å². The molecular formula is C16H21NO3. The lowest BCUT2D eigenvalue weighted by molar-refractivity contribution is -0.145. The van der Waals surface area contributed by atoms with Crippen molar-refractivity contribution in [2.24, 2.45) is 5.92 Å². The molecule has 0 aromatic heterocycles. The fourth-order valence-corrected chi connectivity index (χ4v) is 2.69. The summed E-state index contributed by atoms with van der Waals surface area (Å²) in [5.74, 6) is -0.538. The highest BCUT2D eigenvalue weighted by molar-refractivity contribution is 5.86. The summed E-state index contributed by atoms with van der Waals surface area (Å²) in [6, 6.07) is 6.35. The highest BCUT2D eigenvalue weighted by Gasteiger charge is 2.34. The van der Waals surface area contributed by atoms with Crippen LogP contribution in [0.3, 0.4) is 0 Å². The number of amides is 1. The first kappa shape index (κ1) is 14.6. The summed E-state index contributed by atoms with van der Waals surface area (Å²) in [5, 5.41) is 0. The molecule has 0 bridgehead atoms. The van der Waals surface area contributed by atoms with E-state index in [1.807, 2.05) is 0 Å². The number of nitrogens with zero attached hydrogens (tertiary/aromatic N) is 1. The fourth-order valence-electron chi connectivity index (χ4n) is 2.69. The molecule has 1 amide bonds. The lowest BCUT2D eigenvalue weighted by atomic mass is 10.0. The molecule has 1 saturated heterocycles.